The van der Waals surface area contributed by atoms with Gasteiger partial charge in [0.15, 0.2) is 0 Å². The van der Waals surface area contributed by atoms with Crippen molar-refractivity contribution in [2.24, 2.45) is 0 Å². The Labute approximate surface area is 102 Å². The monoisotopic (exact) mass is 317 g/mol. The van der Waals surface area contributed by atoms with E-state index in [0.717, 1.165) is 9.13 Å². The number of carbonyl (C=O) groups is 1. The van der Waals surface area contributed by atoms with Crippen LogP contribution in [0.4, 0.5) is 0 Å². The van der Waals surface area contributed by atoms with E-state index < -0.39 is 0 Å². The molecular weight excluding hydrogens is 305 g/mol. The molecule has 1 atom stereocenters. The van der Waals surface area contributed by atoms with Gasteiger partial charge in [-0.1, -0.05) is 12.1 Å². The quantitative estimate of drug-likeness (QED) is 0.798. The molecule has 1 aromatic rings. The maximum atomic E-state index is 12.0. The zero-order chi connectivity index (χ0) is 10.8. The van der Waals surface area contributed by atoms with Crippen LogP contribution in [0.1, 0.15) is 16.8 Å². The maximum Gasteiger partial charge on any atom is 0.255 e. The van der Waals surface area contributed by atoms with Crippen molar-refractivity contribution in [1.29, 1.82) is 0 Å². The number of aliphatic hydroxyl groups excluding tert-OH is 1. The van der Waals surface area contributed by atoms with Gasteiger partial charge in [-0.2, -0.15) is 0 Å². The first-order chi connectivity index (χ1) is 7.18. The summed E-state index contributed by atoms with van der Waals surface area (Å²) in [7, 11) is 0. The minimum atomic E-state index is -0.352. The standard InChI is InChI=1S/C11H12INO2/c12-10-4-2-1-3-9(10)11(15)13-6-5-8(14)7-13/h1-4,8,14H,5-7H2/t8-/m1/s1. The second-order valence-electron chi connectivity index (χ2n) is 3.67. The number of rotatable bonds is 1. The van der Waals surface area contributed by atoms with Crippen LogP contribution in [-0.4, -0.2) is 35.1 Å². The van der Waals surface area contributed by atoms with Crippen LogP contribution in [0.15, 0.2) is 24.3 Å². The molecule has 4 heteroatoms. The Morgan fingerprint density at radius 1 is 1.47 bits per heavy atom. The van der Waals surface area contributed by atoms with E-state index in [2.05, 4.69) is 22.6 Å². The molecule has 0 saturated carbocycles. The topological polar surface area (TPSA) is 40.5 Å². The van der Waals surface area contributed by atoms with Crippen molar-refractivity contribution in [3.05, 3.63) is 33.4 Å². The summed E-state index contributed by atoms with van der Waals surface area (Å²) < 4.78 is 0.960. The van der Waals surface area contributed by atoms with Crippen LogP contribution in [0.3, 0.4) is 0 Å². The molecule has 0 bridgehead atoms. The van der Waals surface area contributed by atoms with E-state index in [1.165, 1.54) is 0 Å². The Morgan fingerprint density at radius 2 is 2.20 bits per heavy atom. The van der Waals surface area contributed by atoms with E-state index in [0.29, 0.717) is 19.5 Å². The summed E-state index contributed by atoms with van der Waals surface area (Å²) in [6, 6.07) is 7.52. The van der Waals surface area contributed by atoms with Crippen LogP contribution in [0.2, 0.25) is 0 Å². The number of carbonyl (C=O) groups excluding carboxylic acids is 1. The van der Waals surface area contributed by atoms with Gasteiger partial charge in [0.1, 0.15) is 0 Å². The summed E-state index contributed by atoms with van der Waals surface area (Å²) in [6.07, 6.45) is 0.338. The number of aliphatic hydroxyl groups is 1. The fraction of sp³-hybridized carbons (Fsp3) is 0.364. The minimum absolute atomic E-state index is 0.0246. The summed E-state index contributed by atoms with van der Waals surface area (Å²) >= 11 is 2.16. The molecule has 0 aliphatic carbocycles. The molecule has 3 nitrogen and oxygen atoms in total. The molecule has 1 aliphatic rings. The third-order valence-corrected chi connectivity index (χ3v) is 3.50. The Balaban J connectivity index is 2.18. The Kier molecular flexibility index (Phi) is 3.25. The molecule has 1 heterocycles. The summed E-state index contributed by atoms with van der Waals surface area (Å²) in [4.78, 5) is 13.7. The normalized spacial score (nSPS) is 20.7. The SMILES string of the molecule is O=C(c1ccccc1I)N1CC[C@@H](O)C1. The van der Waals surface area contributed by atoms with E-state index in [9.17, 15) is 9.90 Å². The Hall–Kier alpha value is -0.620. The highest BCUT2D eigenvalue weighted by Gasteiger charge is 2.26. The van der Waals surface area contributed by atoms with Crippen LogP contribution in [0.25, 0.3) is 0 Å². The van der Waals surface area contributed by atoms with Crippen molar-refractivity contribution >= 4 is 28.5 Å². The number of likely N-dealkylation sites (tertiary alicyclic amines) is 1. The molecule has 80 valence electrons. The van der Waals surface area contributed by atoms with E-state index >= 15 is 0 Å². The Bertz CT molecular complexity index is 381. The van der Waals surface area contributed by atoms with Crippen molar-refractivity contribution in [3.63, 3.8) is 0 Å². The van der Waals surface area contributed by atoms with Crippen LogP contribution >= 0.6 is 22.6 Å². The third-order valence-electron chi connectivity index (χ3n) is 2.55. The van der Waals surface area contributed by atoms with Crippen molar-refractivity contribution in [3.8, 4) is 0 Å². The van der Waals surface area contributed by atoms with Crippen molar-refractivity contribution in [2.75, 3.05) is 13.1 Å². The van der Waals surface area contributed by atoms with Crippen LogP contribution < -0.4 is 0 Å². The van der Waals surface area contributed by atoms with Gasteiger partial charge >= 0.3 is 0 Å². The number of nitrogens with zero attached hydrogens (tertiary/aromatic N) is 1. The molecule has 0 aromatic heterocycles. The molecular formula is C11H12INO2. The average molecular weight is 317 g/mol. The molecule has 0 radical (unpaired) electrons. The summed E-state index contributed by atoms with van der Waals surface area (Å²) in [5, 5.41) is 9.37. The van der Waals surface area contributed by atoms with Gasteiger partial charge in [0, 0.05) is 16.7 Å². The second-order valence-corrected chi connectivity index (χ2v) is 4.84. The first-order valence-electron chi connectivity index (χ1n) is 4.90. The largest absolute Gasteiger partial charge is 0.391 e. The molecule has 1 aromatic carbocycles. The van der Waals surface area contributed by atoms with Gasteiger partial charge in [0.05, 0.1) is 11.7 Å². The lowest BCUT2D eigenvalue weighted by Gasteiger charge is -2.16. The zero-order valence-electron chi connectivity index (χ0n) is 8.19. The van der Waals surface area contributed by atoms with Crippen molar-refractivity contribution in [1.82, 2.24) is 4.90 Å². The van der Waals surface area contributed by atoms with E-state index in [1.54, 1.807) is 4.90 Å². The predicted octanol–water partition coefficient (Wildman–Crippen LogP) is 1.50. The summed E-state index contributed by atoms with van der Waals surface area (Å²) in [5.41, 5.74) is 0.729. The van der Waals surface area contributed by atoms with E-state index in [-0.39, 0.29) is 12.0 Å². The number of benzene rings is 1. The number of amides is 1. The van der Waals surface area contributed by atoms with Crippen molar-refractivity contribution in [2.45, 2.75) is 12.5 Å². The molecule has 2 rings (SSSR count). The molecule has 1 fully saturated rings. The van der Waals surface area contributed by atoms with Gasteiger partial charge in [-0.15, -0.1) is 0 Å². The van der Waals surface area contributed by atoms with Crippen LogP contribution in [-0.2, 0) is 0 Å². The van der Waals surface area contributed by atoms with Crippen LogP contribution in [0.5, 0.6) is 0 Å². The van der Waals surface area contributed by atoms with E-state index in [1.807, 2.05) is 24.3 Å². The molecule has 1 N–H and O–H groups in total. The number of halogens is 1. The lowest BCUT2D eigenvalue weighted by Crippen LogP contribution is -2.30. The highest BCUT2D eigenvalue weighted by molar-refractivity contribution is 14.1. The van der Waals surface area contributed by atoms with Gasteiger partial charge in [-0.25, -0.2) is 0 Å². The fourth-order valence-corrected chi connectivity index (χ4v) is 2.35. The lowest BCUT2D eigenvalue weighted by molar-refractivity contribution is 0.0764. The highest BCUT2D eigenvalue weighted by Crippen LogP contribution is 2.17. The fourth-order valence-electron chi connectivity index (χ4n) is 1.73. The van der Waals surface area contributed by atoms with Gasteiger partial charge in [-0.05, 0) is 41.1 Å². The minimum Gasteiger partial charge on any atom is -0.391 e. The number of hydrogen-bond donors (Lipinski definition) is 1. The number of β-amino-alcohol motifs (C(OH)–C–C–N with tert-alkyl or cyclic N) is 1. The van der Waals surface area contributed by atoms with Crippen LogP contribution in [0, 0.1) is 3.57 Å². The van der Waals surface area contributed by atoms with E-state index in [4.69, 9.17) is 0 Å². The smallest absolute Gasteiger partial charge is 0.255 e. The average Bonchev–Trinajstić information content (AvgIpc) is 2.65. The maximum absolute atomic E-state index is 12.0. The first-order valence-corrected chi connectivity index (χ1v) is 5.98. The predicted molar refractivity (Wildman–Crippen MR) is 65.7 cm³/mol. The highest BCUT2D eigenvalue weighted by atomic mass is 127. The number of hydrogen-bond acceptors (Lipinski definition) is 2. The summed E-state index contributed by atoms with van der Waals surface area (Å²) in [5.74, 6) is 0.0246. The molecule has 1 amide bonds. The Morgan fingerprint density at radius 3 is 2.80 bits per heavy atom. The molecule has 0 unspecified atom stereocenters. The zero-order valence-corrected chi connectivity index (χ0v) is 10.3. The summed E-state index contributed by atoms with van der Waals surface area (Å²) in [6.45, 7) is 1.12. The molecule has 15 heavy (non-hydrogen) atoms. The molecule has 1 aliphatic heterocycles. The second kappa shape index (κ2) is 4.49. The van der Waals surface area contributed by atoms with Gasteiger partial charge in [0.2, 0.25) is 0 Å². The van der Waals surface area contributed by atoms with Gasteiger partial charge in [-0.3, -0.25) is 4.79 Å². The molecule has 1 saturated heterocycles. The first kappa shape index (κ1) is 10.9. The van der Waals surface area contributed by atoms with Crippen molar-refractivity contribution < 1.29 is 9.90 Å². The van der Waals surface area contributed by atoms with Gasteiger partial charge in [0.25, 0.3) is 5.91 Å². The van der Waals surface area contributed by atoms with Gasteiger partial charge < -0.3 is 10.0 Å². The third kappa shape index (κ3) is 2.31. The molecule has 0 spiro atoms. The lowest BCUT2D eigenvalue weighted by atomic mass is 10.2.